The van der Waals surface area contributed by atoms with Crippen LogP contribution in [0.2, 0.25) is 0 Å². The van der Waals surface area contributed by atoms with E-state index in [1.807, 2.05) is 11.8 Å². The van der Waals surface area contributed by atoms with E-state index in [1.165, 1.54) is 5.75 Å². The van der Waals surface area contributed by atoms with Crippen molar-refractivity contribution in [3.8, 4) is 0 Å². The van der Waals surface area contributed by atoms with Crippen LogP contribution in [0, 0.1) is 5.92 Å². The highest BCUT2D eigenvalue weighted by Crippen LogP contribution is 2.30. The molecule has 2 aliphatic rings. The van der Waals surface area contributed by atoms with E-state index in [-0.39, 0.29) is 6.10 Å². The van der Waals surface area contributed by atoms with Crippen molar-refractivity contribution in [2.45, 2.75) is 25.4 Å². The molecule has 2 heterocycles. The molecule has 2 nitrogen and oxygen atoms in total. The lowest BCUT2D eigenvalue weighted by molar-refractivity contribution is 0.0622. The monoisotopic (exact) mass is 200 g/mol. The molecule has 0 aromatic rings. The summed E-state index contributed by atoms with van der Waals surface area (Å²) in [5.41, 5.74) is 0. The summed E-state index contributed by atoms with van der Waals surface area (Å²) in [5, 5.41) is 9.97. The number of ether oxygens (including phenoxy) is 1. The van der Waals surface area contributed by atoms with E-state index in [2.05, 4.69) is 6.08 Å². The summed E-state index contributed by atoms with van der Waals surface area (Å²) in [6, 6.07) is 0. The van der Waals surface area contributed by atoms with Crippen LogP contribution in [0.4, 0.5) is 0 Å². The zero-order valence-electron chi connectivity index (χ0n) is 7.74. The molecule has 2 atom stereocenters. The summed E-state index contributed by atoms with van der Waals surface area (Å²) in [6.07, 6.45) is 5.00. The van der Waals surface area contributed by atoms with Crippen molar-refractivity contribution < 1.29 is 9.84 Å². The molecule has 0 spiro atoms. The second kappa shape index (κ2) is 4.38. The van der Waals surface area contributed by atoms with E-state index >= 15 is 0 Å². The van der Waals surface area contributed by atoms with E-state index in [1.54, 1.807) is 0 Å². The lowest BCUT2D eigenvalue weighted by atomic mass is 9.99. The smallest absolute Gasteiger partial charge is 0.121 e. The first-order valence-electron chi connectivity index (χ1n) is 4.96. The summed E-state index contributed by atoms with van der Waals surface area (Å²) in [4.78, 5) is 0. The standard InChI is InChI=1S/C10H16O2S/c11-10(8-4-6-13-7-8)9-3-1-2-5-12-9/h3,8,10-11H,1-2,4-7H2. The SMILES string of the molecule is OC(C1=CCCCO1)C1CCSC1. The lowest BCUT2D eigenvalue weighted by Gasteiger charge is -2.23. The topological polar surface area (TPSA) is 29.5 Å². The van der Waals surface area contributed by atoms with Crippen LogP contribution in [0.25, 0.3) is 0 Å². The summed E-state index contributed by atoms with van der Waals surface area (Å²) in [5.74, 6) is 3.53. The van der Waals surface area contributed by atoms with Crippen LogP contribution in [0.15, 0.2) is 11.8 Å². The van der Waals surface area contributed by atoms with Gasteiger partial charge < -0.3 is 9.84 Å². The number of hydrogen-bond donors (Lipinski definition) is 1. The number of thioether (sulfide) groups is 1. The minimum absolute atomic E-state index is 0.338. The number of rotatable bonds is 2. The molecule has 2 unspecified atom stereocenters. The fourth-order valence-electron chi connectivity index (χ4n) is 1.82. The summed E-state index contributed by atoms with van der Waals surface area (Å²) in [7, 11) is 0. The number of allylic oxidation sites excluding steroid dienone is 1. The minimum Gasteiger partial charge on any atom is -0.495 e. The maximum absolute atomic E-state index is 9.97. The van der Waals surface area contributed by atoms with Crippen molar-refractivity contribution in [2.24, 2.45) is 5.92 Å². The predicted molar refractivity (Wildman–Crippen MR) is 54.7 cm³/mol. The van der Waals surface area contributed by atoms with Gasteiger partial charge in [0, 0.05) is 5.92 Å². The van der Waals surface area contributed by atoms with Crippen LogP contribution in [0.3, 0.4) is 0 Å². The van der Waals surface area contributed by atoms with Crippen molar-refractivity contribution in [3.05, 3.63) is 11.8 Å². The van der Waals surface area contributed by atoms with E-state index < -0.39 is 0 Å². The second-order valence-corrected chi connectivity index (χ2v) is 4.82. The third-order valence-corrected chi connectivity index (χ3v) is 3.85. The molecule has 1 fully saturated rings. The summed E-state index contributed by atoms with van der Waals surface area (Å²) in [6.45, 7) is 0.781. The molecule has 0 bridgehead atoms. The molecule has 1 N–H and O–H groups in total. The number of aliphatic hydroxyl groups is 1. The van der Waals surface area contributed by atoms with Gasteiger partial charge in [-0.15, -0.1) is 0 Å². The first kappa shape index (κ1) is 9.41. The van der Waals surface area contributed by atoms with Crippen molar-refractivity contribution in [3.63, 3.8) is 0 Å². The van der Waals surface area contributed by atoms with Gasteiger partial charge in [0.1, 0.15) is 11.9 Å². The third kappa shape index (κ3) is 2.20. The highest BCUT2D eigenvalue weighted by Gasteiger charge is 2.28. The Kier molecular flexibility index (Phi) is 3.17. The fraction of sp³-hybridized carbons (Fsp3) is 0.800. The van der Waals surface area contributed by atoms with Gasteiger partial charge in [0.2, 0.25) is 0 Å². The minimum atomic E-state index is -0.338. The molecule has 0 saturated carbocycles. The second-order valence-electron chi connectivity index (χ2n) is 3.67. The quantitative estimate of drug-likeness (QED) is 0.737. The summed E-state index contributed by atoms with van der Waals surface area (Å²) >= 11 is 1.93. The molecule has 0 radical (unpaired) electrons. The number of hydrogen-bond acceptors (Lipinski definition) is 3. The average molecular weight is 200 g/mol. The Hall–Kier alpha value is -0.150. The van der Waals surface area contributed by atoms with Crippen LogP contribution < -0.4 is 0 Å². The predicted octanol–water partition coefficient (Wildman–Crippen LogP) is 1.79. The molecule has 3 heteroatoms. The van der Waals surface area contributed by atoms with Gasteiger partial charge in [-0.3, -0.25) is 0 Å². The molecule has 74 valence electrons. The number of aliphatic hydroxyl groups excluding tert-OH is 1. The Bertz CT molecular complexity index is 197. The van der Waals surface area contributed by atoms with Gasteiger partial charge in [0.25, 0.3) is 0 Å². The molecule has 2 aliphatic heterocycles. The molecule has 2 rings (SSSR count). The van der Waals surface area contributed by atoms with Gasteiger partial charge in [0.05, 0.1) is 6.61 Å². The zero-order valence-corrected chi connectivity index (χ0v) is 8.55. The Labute approximate surface area is 83.4 Å². The molecule has 13 heavy (non-hydrogen) atoms. The molecule has 0 aromatic carbocycles. The highest BCUT2D eigenvalue weighted by atomic mass is 32.2. The molecule has 1 saturated heterocycles. The first-order valence-corrected chi connectivity index (χ1v) is 6.12. The van der Waals surface area contributed by atoms with Crippen molar-refractivity contribution in [1.29, 1.82) is 0 Å². The first-order chi connectivity index (χ1) is 6.38. The van der Waals surface area contributed by atoms with Crippen LogP contribution in [-0.2, 0) is 4.74 Å². The van der Waals surface area contributed by atoms with Gasteiger partial charge in [0.15, 0.2) is 0 Å². The van der Waals surface area contributed by atoms with Gasteiger partial charge >= 0.3 is 0 Å². The van der Waals surface area contributed by atoms with Crippen LogP contribution >= 0.6 is 11.8 Å². The Morgan fingerprint density at radius 1 is 1.62 bits per heavy atom. The van der Waals surface area contributed by atoms with E-state index in [9.17, 15) is 5.11 Å². The van der Waals surface area contributed by atoms with Crippen LogP contribution in [-0.4, -0.2) is 29.3 Å². The van der Waals surface area contributed by atoms with Gasteiger partial charge in [-0.2, -0.15) is 11.8 Å². The van der Waals surface area contributed by atoms with Gasteiger partial charge in [-0.25, -0.2) is 0 Å². The Balaban J connectivity index is 1.94. The lowest BCUT2D eigenvalue weighted by Crippen LogP contribution is -2.25. The van der Waals surface area contributed by atoms with Crippen molar-refractivity contribution >= 4 is 11.8 Å². The fourth-order valence-corrected chi connectivity index (χ4v) is 3.10. The molecule has 0 amide bonds. The third-order valence-electron chi connectivity index (χ3n) is 2.67. The Morgan fingerprint density at radius 2 is 2.54 bits per heavy atom. The van der Waals surface area contributed by atoms with Gasteiger partial charge in [-0.05, 0) is 36.8 Å². The summed E-state index contributed by atoms with van der Waals surface area (Å²) < 4.78 is 5.45. The maximum Gasteiger partial charge on any atom is 0.121 e. The van der Waals surface area contributed by atoms with Crippen LogP contribution in [0.5, 0.6) is 0 Å². The van der Waals surface area contributed by atoms with E-state index in [0.29, 0.717) is 5.92 Å². The molecular formula is C10H16O2S. The maximum atomic E-state index is 9.97. The van der Waals surface area contributed by atoms with Crippen LogP contribution in [0.1, 0.15) is 19.3 Å². The van der Waals surface area contributed by atoms with Gasteiger partial charge in [-0.1, -0.05) is 0 Å². The molecular weight excluding hydrogens is 184 g/mol. The van der Waals surface area contributed by atoms with Crippen molar-refractivity contribution in [2.75, 3.05) is 18.1 Å². The molecule has 0 aliphatic carbocycles. The normalized spacial score (nSPS) is 30.8. The van der Waals surface area contributed by atoms with E-state index in [0.717, 1.165) is 37.4 Å². The molecule has 0 aromatic heterocycles. The van der Waals surface area contributed by atoms with Crippen molar-refractivity contribution in [1.82, 2.24) is 0 Å². The highest BCUT2D eigenvalue weighted by molar-refractivity contribution is 7.99. The largest absolute Gasteiger partial charge is 0.495 e. The zero-order chi connectivity index (χ0) is 9.10. The van der Waals surface area contributed by atoms with E-state index in [4.69, 9.17) is 4.74 Å². The Morgan fingerprint density at radius 3 is 3.15 bits per heavy atom. The average Bonchev–Trinajstić information content (AvgIpc) is 2.71.